The lowest BCUT2D eigenvalue weighted by Crippen LogP contribution is -2.34. The summed E-state index contributed by atoms with van der Waals surface area (Å²) in [6.07, 6.45) is 1.35. The third-order valence-electron chi connectivity index (χ3n) is 4.44. The van der Waals surface area contributed by atoms with Crippen molar-refractivity contribution in [1.29, 1.82) is 0 Å². The molecule has 1 aliphatic heterocycles. The van der Waals surface area contributed by atoms with Crippen molar-refractivity contribution in [3.8, 4) is 0 Å². The Kier molecular flexibility index (Phi) is 6.46. The van der Waals surface area contributed by atoms with Gasteiger partial charge in [-0.2, -0.15) is 0 Å². The third-order valence-corrected chi connectivity index (χ3v) is 5.30. The smallest absolute Gasteiger partial charge is 0.338 e. The number of aryl methyl sites for hydroxylation is 2. The molecule has 26 heavy (non-hydrogen) atoms. The second kappa shape index (κ2) is 8.80. The van der Waals surface area contributed by atoms with Crippen LogP contribution in [0, 0.1) is 6.92 Å². The van der Waals surface area contributed by atoms with E-state index in [9.17, 15) is 4.79 Å². The fraction of sp³-hybridized carbons (Fsp3) is 0.381. The highest BCUT2D eigenvalue weighted by Gasteiger charge is 2.40. The first kappa shape index (κ1) is 19.1. The van der Waals surface area contributed by atoms with Crippen molar-refractivity contribution in [1.82, 2.24) is 0 Å². The average molecular weight is 419 g/mol. The van der Waals surface area contributed by atoms with Crippen molar-refractivity contribution in [2.24, 2.45) is 0 Å². The van der Waals surface area contributed by atoms with Crippen LogP contribution in [0.3, 0.4) is 0 Å². The number of alkyl halides is 1. The number of carbonyl (C=O) groups is 1. The Balaban J connectivity index is 1.50. The Morgan fingerprint density at radius 3 is 2.62 bits per heavy atom. The second-order valence-corrected chi connectivity index (χ2v) is 7.11. The topological polar surface area (TPSA) is 44.8 Å². The molecule has 1 saturated heterocycles. The summed E-state index contributed by atoms with van der Waals surface area (Å²) in [5.41, 5.74) is 3.04. The molecule has 1 aliphatic rings. The zero-order valence-corrected chi connectivity index (χ0v) is 16.4. The van der Waals surface area contributed by atoms with Crippen LogP contribution in [0.25, 0.3) is 0 Å². The lowest BCUT2D eigenvalue weighted by Gasteiger charge is -2.26. The van der Waals surface area contributed by atoms with Gasteiger partial charge in [0.1, 0.15) is 12.7 Å². The van der Waals surface area contributed by atoms with Gasteiger partial charge in [0.25, 0.3) is 0 Å². The van der Waals surface area contributed by atoms with Gasteiger partial charge in [-0.25, -0.2) is 4.79 Å². The third kappa shape index (κ3) is 4.93. The molecule has 138 valence electrons. The molecule has 0 aromatic heterocycles. The predicted octanol–water partition coefficient (Wildman–Crippen LogP) is 4.29. The Hall–Kier alpha value is -1.69. The Morgan fingerprint density at radius 2 is 1.92 bits per heavy atom. The minimum absolute atomic E-state index is 0.188. The summed E-state index contributed by atoms with van der Waals surface area (Å²) >= 11 is 3.51. The van der Waals surface area contributed by atoms with Crippen LogP contribution >= 0.6 is 15.9 Å². The highest BCUT2D eigenvalue weighted by atomic mass is 79.9. The molecule has 3 rings (SSSR count). The molecule has 0 spiro atoms. The molecule has 2 unspecified atom stereocenters. The van der Waals surface area contributed by atoms with E-state index in [1.165, 1.54) is 11.1 Å². The number of halogens is 1. The summed E-state index contributed by atoms with van der Waals surface area (Å²) in [5, 5.41) is 0.578. The van der Waals surface area contributed by atoms with Crippen LogP contribution in [0.15, 0.2) is 54.6 Å². The maximum absolute atomic E-state index is 12.0. The molecule has 2 aromatic carbocycles. The van der Waals surface area contributed by atoms with Gasteiger partial charge in [0, 0.05) is 6.42 Å². The summed E-state index contributed by atoms with van der Waals surface area (Å²) in [7, 11) is 0. The minimum atomic E-state index is -0.672. The molecule has 0 N–H and O–H groups in total. The van der Waals surface area contributed by atoms with E-state index >= 15 is 0 Å². The molecule has 4 nitrogen and oxygen atoms in total. The maximum Gasteiger partial charge on any atom is 0.338 e. The number of ether oxygens (including phenoxy) is 3. The Morgan fingerprint density at radius 1 is 1.19 bits per heavy atom. The standard InChI is InChI=1S/C21H23BrO4/c1-16-7-9-17(10-8-16)11-12-21(15-22)25-14-19(26-21)13-24-20(23)18-5-3-2-4-6-18/h2-10,19H,11-15H2,1H3. The maximum atomic E-state index is 12.0. The zero-order chi connectivity index (χ0) is 18.4. The van der Waals surface area contributed by atoms with E-state index in [0.717, 1.165) is 12.8 Å². The van der Waals surface area contributed by atoms with Crippen LogP contribution in [0.1, 0.15) is 27.9 Å². The molecule has 0 saturated carbocycles. The van der Waals surface area contributed by atoms with Gasteiger partial charge in [-0.05, 0) is 31.0 Å². The van der Waals surface area contributed by atoms with Crippen LogP contribution in [-0.4, -0.2) is 36.4 Å². The van der Waals surface area contributed by atoms with E-state index in [0.29, 0.717) is 17.5 Å². The number of hydrogen-bond acceptors (Lipinski definition) is 4. The van der Waals surface area contributed by atoms with Gasteiger partial charge < -0.3 is 14.2 Å². The first-order valence-electron chi connectivity index (χ1n) is 8.76. The molecule has 2 aromatic rings. The zero-order valence-electron chi connectivity index (χ0n) is 14.8. The van der Waals surface area contributed by atoms with Crippen LogP contribution in [0.5, 0.6) is 0 Å². The molecule has 2 atom stereocenters. The monoisotopic (exact) mass is 418 g/mol. The molecular weight excluding hydrogens is 396 g/mol. The summed E-state index contributed by atoms with van der Waals surface area (Å²) in [6.45, 7) is 2.68. The van der Waals surface area contributed by atoms with Gasteiger partial charge >= 0.3 is 5.97 Å². The average Bonchev–Trinajstić information content (AvgIpc) is 3.10. The molecule has 0 radical (unpaired) electrons. The van der Waals surface area contributed by atoms with Crippen molar-refractivity contribution < 1.29 is 19.0 Å². The van der Waals surface area contributed by atoms with E-state index < -0.39 is 5.79 Å². The van der Waals surface area contributed by atoms with Crippen molar-refractivity contribution in [3.63, 3.8) is 0 Å². The van der Waals surface area contributed by atoms with Crippen LogP contribution in [0.4, 0.5) is 0 Å². The van der Waals surface area contributed by atoms with Crippen LogP contribution in [0.2, 0.25) is 0 Å². The minimum Gasteiger partial charge on any atom is -0.459 e. The van der Waals surface area contributed by atoms with E-state index in [1.807, 2.05) is 18.2 Å². The quantitative estimate of drug-likeness (QED) is 0.496. The summed E-state index contributed by atoms with van der Waals surface area (Å²) in [6, 6.07) is 17.4. The van der Waals surface area contributed by atoms with E-state index in [2.05, 4.69) is 47.1 Å². The van der Waals surface area contributed by atoms with Crippen molar-refractivity contribution in [2.45, 2.75) is 31.7 Å². The lowest BCUT2D eigenvalue weighted by atomic mass is 10.0. The van der Waals surface area contributed by atoms with Crippen LogP contribution in [-0.2, 0) is 20.6 Å². The van der Waals surface area contributed by atoms with Gasteiger partial charge in [-0.3, -0.25) is 0 Å². The van der Waals surface area contributed by atoms with Gasteiger partial charge in [0.2, 0.25) is 0 Å². The second-order valence-electron chi connectivity index (χ2n) is 6.55. The first-order valence-corrected chi connectivity index (χ1v) is 9.88. The van der Waals surface area contributed by atoms with Gasteiger partial charge in [-0.15, -0.1) is 0 Å². The highest BCUT2D eigenvalue weighted by molar-refractivity contribution is 9.09. The van der Waals surface area contributed by atoms with Gasteiger partial charge in [-0.1, -0.05) is 64.0 Å². The van der Waals surface area contributed by atoms with E-state index in [4.69, 9.17) is 14.2 Å². The summed E-state index contributed by atoms with van der Waals surface area (Å²) in [5.74, 6) is -1.01. The Bertz CT molecular complexity index is 717. The predicted molar refractivity (Wildman–Crippen MR) is 104 cm³/mol. The molecular formula is C21H23BrO4. The fourth-order valence-corrected chi connectivity index (χ4v) is 3.46. The number of benzene rings is 2. The number of hydrogen-bond donors (Lipinski definition) is 0. The normalized spacial score (nSPS) is 22.3. The summed E-state index contributed by atoms with van der Waals surface area (Å²) < 4.78 is 17.4. The van der Waals surface area contributed by atoms with Crippen molar-refractivity contribution >= 4 is 21.9 Å². The van der Waals surface area contributed by atoms with Crippen molar-refractivity contribution in [2.75, 3.05) is 18.5 Å². The Labute approximate surface area is 162 Å². The molecule has 0 amide bonds. The number of rotatable bonds is 7. The highest BCUT2D eigenvalue weighted by Crippen LogP contribution is 2.31. The number of carbonyl (C=O) groups excluding carboxylic acids is 1. The molecule has 0 aliphatic carbocycles. The van der Waals surface area contributed by atoms with E-state index in [-0.39, 0.29) is 18.7 Å². The lowest BCUT2D eigenvalue weighted by molar-refractivity contribution is -0.156. The molecule has 1 fully saturated rings. The largest absolute Gasteiger partial charge is 0.459 e. The molecule has 5 heteroatoms. The van der Waals surface area contributed by atoms with Gasteiger partial charge in [0.05, 0.1) is 17.5 Å². The fourth-order valence-electron chi connectivity index (χ4n) is 2.88. The summed E-state index contributed by atoms with van der Waals surface area (Å²) in [4.78, 5) is 12.0. The van der Waals surface area contributed by atoms with Gasteiger partial charge in [0.15, 0.2) is 5.79 Å². The SMILES string of the molecule is Cc1ccc(CCC2(CBr)OCC(COC(=O)c3ccccc3)O2)cc1. The first-order chi connectivity index (χ1) is 12.6. The molecule has 1 heterocycles. The van der Waals surface area contributed by atoms with E-state index in [1.54, 1.807) is 12.1 Å². The van der Waals surface area contributed by atoms with Crippen LogP contribution < -0.4 is 0 Å². The number of esters is 1. The van der Waals surface area contributed by atoms with Crippen molar-refractivity contribution in [3.05, 3.63) is 71.3 Å². The molecule has 0 bridgehead atoms.